The van der Waals surface area contributed by atoms with Gasteiger partial charge in [0.1, 0.15) is 0 Å². The van der Waals surface area contributed by atoms with Crippen molar-refractivity contribution in [2.24, 2.45) is 11.3 Å². The van der Waals surface area contributed by atoms with Crippen molar-refractivity contribution in [1.29, 1.82) is 0 Å². The largest absolute Gasteiger partial charge is 0.360 e. The number of carbonyl (C=O) groups is 1. The number of aromatic nitrogens is 1. The Bertz CT molecular complexity index is 578. The molecule has 0 fully saturated rings. The number of rotatable bonds is 3. The van der Waals surface area contributed by atoms with Crippen LogP contribution < -0.4 is 5.32 Å². The third-order valence-corrected chi connectivity index (χ3v) is 3.88. The summed E-state index contributed by atoms with van der Waals surface area (Å²) in [4.78, 5) is 15.3. The number of aromatic amines is 1. The summed E-state index contributed by atoms with van der Waals surface area (Å²) < 4.78 is 0. The van der Waals surface area contributed by atoms with E-state index in [0.29, 0.717) is 12.5 Å². The number of hydrogen-bond acceptors (Lipinski definition) is 1. The van der Waals surface area contributed by atoms with E-state index >= 15 is 0 Å². The van der Waals surface area contributed by atoms with Crippen molar-refractivity contribution in [2.75, 3.05) is 6.54 Å². The predicted molar refractivity (Wildman–Crippen MR) is 79.3 cm³/mol. The second kappa shape index (κ2) is 5.08. The molecule has 1 unspecified atom stereocenters. The molecule has 3 heteroatoms. The van der Waals surface area contributed by atoms with Crippen LogP contribution in [0.2, 0.25) is 0 Å². The second-order valence-corrected chi connectivity index (χ2v) is 6.23. The number of hydrogen-bond donors (Lipinski definition) is 2. The molecule has 0 aliphatic carbocycles. The molecule has 1 heterocycles. The van der Waals surface area contributed by atoms with E-state index in [0.717, 1.165) is 16.5 Å². The third-order valence-electron chi connectivity index (χ3n) is 3.88. The van der Waals surface area contributed by atoms with Gasteiger partial charge in [-0.2, -0.15) is 0 Å². The molecule has 1 aromatic heterocycles. The van der Waals surface area contributed by atoms with Crippen molar-refractivity contribution in [1.82, 2.24) is 10.3 Å². The number of nitrogens with one attached hydrogen (secondary N) is 2. The normalized spacial score (nSPS) is 13.5. The van der Waals surface area contributed by atoms with Crippen LogP contribution in [0.5, 0.6) is 0 Å². The zero-order valence-corrected chi connectivity index (χ0v) is 12.1. The fourth-order valence-corrected chi connectivity index (χ4v) is 1.91. The van der Waals surface area contributed by atoms with Crippen LogP contribution in [-0.4, -0.2) is 17.4 Å². The molecule has 1 amide bonds. The molecular formula is C16H22N2O. The summed E-state index contributed by atoms with van der Waals surface area (Å²) in [5.41, 5.74) is 1.92. The van der Waals surface area contributed by atoms with Gasteiger partial charge in [-0.05, 0) is 17.4 Å². The van der Waals surface area contributed by atoms with Crippen LogP contribution in [0.15, 0.2) is 30.5 Å². The number of benzene rings is 1. The molecule has 2 rings (SSSR count). The predicted octanol–water partition coefficient (Wildman–Crippen LogP) is 3.58. The monoisotopic (exact) mass is 258 g/mol. The zero-order valence-electron chi connectivity index (χ0n) is 12.1. The van der Waals surface area contributed by atoms with Gasteiger partial charge >= 0.3 is 0 Å². The number of para-hydroxylation sites is 1. The van der Waals surface area contributed by atoms with Gasteiger partial charge in [0.25, 0.3) is 5.91 Å². The van der Waals surface area contributed by atoms with Gasteiger partial charge in [0.2, 0.25) is 0 Å². The Hall–Kier alpha value is -1.77. The summed E-state index contributed by atoms with van der Waals surface area (Å²) in [5, 5.41) is 4.00. The quantitative estimate of drug-likeness (QED) is 0.868. The van der Waals surface area contributed by atoms with Crippen molar-refractivity contribution >= 4 is 16.8 Å². The Kier molecular flexibility index (Phi) is 3.65. The fraction of sp³-hybridized carbons (Fsp3) is 0.438. The lowest BCUT2D eigenvalue weighted by atomic mass is 9.82. The van der Waals surface area contributed by atoms with Crippen LogP contribution in [-0.2, 0) is 0 Å². The van der Waals surface area contributed by atoms with Gasteiger partial charge in [-0.15, -0.1) is 0 Å². The fourth-order valence-electron chi connectivity index (χ4n) is 1.91. The average Bonchev–Trinajstić information content (AvgIpc) is 2.78. The van der Waals surface area contributed by atoms with Gasteiger partial charge < -0.3 is 10.3 Å². The molecule has 2 aromatic rings. The summed E-state index contributed by atoms with van der Waals surface area (Å²) in [5.74, 6) is 0.426. The molecule has 19 heavy (non-hydrogen) atoms. The van der Waals surface area contributed by atoms with E-state index in [4.69, 9.17) is 0 Å². The van der Waals surface area contributed by atoms with E-state index in [-0.39, 0.29) is 11.3 Å². The Balaban J connectivity index is 2.09. The van der Waals surface area contributed by atoms with Crippen molar-refractivity contribution in [3.05, 3.63) is 36.0 Å². The molecule has 2 N–H and O–H groups in total. The van der Waals surface area contributed by atoms with E-state index in [9.17, 15) is 4.79 Å². The number of amides is 1. The van der Waals surface area contributed by atoms with Crippen molar-refractivity contribution in [2.45, 2.75) is 27.7 Å². The van der Waals surface area contributed by atoms with Gasteiger partial charge in [-0.3, -0.25) is 4.79 Å². The van der Waals surface area contributed by atoms with Gasteiger partial charge in [0, 0.05) is 23.6 Å². The van der Waals surface area contributed by atoms with Crippen LogP contribution in [0.4, 0.5) is 0 Å². The summed E-state index contributed by atoms with van der Waals surface area (Å²) in [7, 11) is 0. The Morgan fingerprint density at radius 3 is 2.68 bits per heavy atom. The zero-order chi connectivity index (χ0) is 14.0. The lowest BCUT2D eigenvalue weighted by Crippen LogP contribution is -2.33. The molecular weight excluding hydrogens is 236 g/mol. The first-order valence-corrected chi connectivity index (χ1v) is 6.74. The number of H-pyrrole nitrogens is 1. The molecule has 0 radical (unpaired) electrons. The first-order chi connectivity index (χ1) is 8.89. The first-order valence-electron chi connectivity index (χ1n) is 6.74. The van der Waals surface area contributed by atoms with Crippen LogP contribution in [0.25, 0.3) is 10.9 Å². The van der Waals surface area contributed by atoms with Gasteiger partial charge in [0.05, 0.1) is 5.56 Å². The van der Waals surface area contributed by atoms with Gasteiger partial charge in [-0.1, -0.05) is 45.9 Å². The molecule has 0 bridgehead atoms. The first kappa shape index (κ1) is 13.7. The van der Waals surface area contributed by atoms with E-state index in [1.807, 2.05) is 24.3 Å². The third kappa shape index (κ3) is 2.98. The summed E-state index contributed by atoms with van der Waals surface area (Å²) in [6.45, 7) is 9.43. The smallest absolute Gasteiger partial charge is 0.253 e. The van der Waals surface area contributed by atoms with E-state index in [1.165, 1.54) is 0 Å². The minimum atomic E-state index is -0.00597. The molecule has 0 saturated carbocycles. The molecule has 0 spiro atoms. The maximum absolute atomic E-state index is 12.2. The second-order valence-electron chi connectivity index (χ2n) is 6.23. The van der Waals surface area contributed by atoms with Crippen molar-refractivity contribution in [3.63, 3.8) is 0 Å². The van der Waals surface area contributed by atoms with E-state index in [2.05, 4.69) is 38.0 Å². The van der Waals surface area contributed by atoms with E-state index in [1.54, 1.807) is 6.20 Å². The van der Waals surface area contributed by atoms with E-state index < -0.39 is 0 Å². The minimum Gasteiger partial charge on any atom is -0.360 e. The highest BCUT2D eigenvalue weighted by Gasteiger charge is 2.21. The lowest BCUT2D eigenvalue weighted by molar-refractivity contribution is 0.0939. The summed E-state index contributed by atoms with van der Waals surface area (Å²) >= 11 is 0. The highest BCUT2D eigenvalue weighted by Crippen LogP contribution is 2.24. The molecule has 0 saturated heterocycles. The standard InChI is InChI=1S/C16H22N2O/c1-11(16(2,3)4)9-18-15(19)13-10-17-14-8-6-5-7-12(13)14/h5-8,10-11,17H,9H2,1-4H3,(H,18,19). The number of fused-ring (bicyclic) bond motifs is 1. The number of carbonyl (C=O) groups excluding carboxylic acids is 1. The lowest BCUT2D eigenvalue weighted by Gasteiger charge is -2.27. The topological polar surface area (TPSA) is 44.9 Å². The molecule has 0 aliphatic rings. The minimum absolute atomic E-state index is 0.00597. The Labute approximate surface area is 114 Å². The maximum Gasteiger partial charge on any atom is 0.253 e. The van der Waals surface area contributed by atoms with Gasteiger partial charge in [0.15, 0.2) is 0 Å². The summed E-state index contributed by atoms with van der Waals surface area (Å²) in [6, 6.07) is 7.85. The van der Waals surface area contributed by atoms with Crippen molar-refractivity contribution < 1.29 is 4.79 Å². The maximum atomic E-state index is 12.2. The average molecular weight is 258 g/mol. The Morgan fingerprint density at radius 1 is 1.32 bits per heavy atom. The molecule has 1 aromatic carbocycles. The van der Waals surface area contributed by atoms with Crippen LogP contribution in [0, 0.1) is 11.3 Å². The highest BCUT2D eigenvalue weighted by atomic mass is 16.1. The van der Waals surface area contributed by atoms with Crippen molar-refractivity contribution in [3.8, 4) is 0 Å². The van der Waals surface area contributed by atoms with Crippen LogP contribution in [0.3, 0.4) is 0 Å². The molecule has 0 aliphatic heterocycles. The molecule has 1 atom stereocenters. The van der Waals surface area contributed by atoms with Gasteiger partial charge in [-0.25, -0.2) is 0 Å². The highest BCUT2D eigenvalue weighted by molar-refractivity contribution is 6.06. The van der Waals surface area contributed by atoms with Crippen LogP contribution in [0.1, 0.15) is 38.1 Å². The summed E-state index contributed by atoms with van der Waals surface area (Å²) in [6.07, 6.45) is 1.78. The molecule has 102 valence electrons. The SMILES string of the molecule is CC(CNC(=O)c1c[nH]c2ccccc12)C(C)(C)C. The molecule has 3 nitrogen and oxygen atoms in total. The Morgan fingerprint density at radius 2 is 2.00 bits per heavy atom. The van der Waals surface area contributed by atoms with Crippen LogP contribution >= 0.6 is 0 Å².